The van der Waals surface area contributed by atoms with Gasteiger partial charge in [0.1, 0.15) is 11.3 Å². The minimum atomic E-state index is -0.717. The molecule has 0 spiro atoms. The van der Waals surface area contributed by atoms with Crippen molar-refractivity contribution in [2.24, 2.45) is 0 Å². The van der Waals surface area contributed by atoms with Crippen LogP contribution in [-0.4, -0.2) is 59.9 Å². The Balaban J connectivity index is 2.41. The number of barbiturate groups is 1. The summed E-state index contributed by atoms with van der Waals surface area (Å²) < 4.78 is 4.55. The molecule has 126 valence electrons. The molecule has 0 aliphatic carbocycles. The minimum absolute atomic E-state index is 0.103. The predicted octanol–water partition coefficient (Wildman–Crippen LogP) is 0.541. The van der Waals surface area contributed by atoms with Crippen molar-refractivity contribution in [1.29, 1.82) is 0 Å². The highest BCUT2D eigenvalue weighted by molar-refractivity contribution is 6.30. The molecule has 2 rings (SSSR count). The minimum Gasteiger partial charge on any atom is -0.508 e. The number of amides is 4. The van der Waals surface area contributed by atoms with Crippen LogP contribution in [0.5, 0.6) is 5.75 Å². The lowest BCUT2D eigenvalue weighted by atomic mass is 10.0. The molecule has 8 nitrogen and oxygen atoms in total. The van der Waals surface area contributed by atoms with Crippen molar-refractivity contribution in [3.05, 3.63) is 34.9 Å². The molecule has 8 heteroatoms. The van der Waals surface area contributed by atoms with E-state index in [2.05, 4.69) is 4.74 Å². The Morgan fingerprint density at radius 3 is 2.29 bits per heavy atom. The highest BCUT2D eigenvalue weighted by Crippen LogP contribution is 2.23. The van der Waals surface area contributed by atoms with Crippen LogP contribution >= 0.6 is 0 Å². The first-order valence-corrected chi connectivity index (χ1v) is 6.96. The van der Waals surface area contributed by atoms with Crippen LogP contribution in [0.4, 0.5) is 4.79 Å². The van der Waals surface area contributed by atoms with Crippen molar-refractivity contribution >= 4 is 29.9 Å². The lowest BCUT2D eigenvalue weighted by molar-refractivity contribution is -0.140. The highest BCUT2D eigenvalue weighted by atomic mass is 16.5. The van der Waals surface area contributed by atoms with Gasteiger partial charge in [-0.3, -0.25) is 24.2 Å². The summed E-state index contributed by atoms with van der Waals surface area (Å²) in [6.07, 6.45) is 1.16. The number of likely N-dealkylation sites (N-methyl/N-ethyl adjacent to an activating group) is 2. The van der Waals surface area contributed by atoms with Crippen molar-refractivity contribution in [3.63, 3.8) is 0 Å². The van der Waals surface area contributed by atoms with Crippen LogP contribution in [0.1, 0.15) is 11.1 Å². The lowest BCUT2D eigenvalue weighted by Gasteiger charge is -2.28. The van der Waals surface area contributed by atoms with Crippen LogP contribution in [0.25, 0.3) is 6.08 Å². The van der Waals surface area contributed by atoms with E-state index < -0.39 is 23.8 Å². The number of urea groups is 1. The Labute approximate surface area is 137 Å². The van der Waals surface area contributed by atoms with E-state index in [9.17, 15) is 24.3 Å². The molecule has 1 saturated heterocycles. The Morgan fingerprint density at radius 2 is 1.75 bits per heavy atom. The SMILES string of the molecule is COC(=O)Cc1cc(C=C2C(=O)N(C)C(=O)N(C)C2=O)ccc1O. The zero-order chi connectivity index (χ0) is 18.0. The molecule has 1 heterocycles. The fourth-order valence-electron chi connectivity index (χ4n) is 2.21. The summed E-state index contributed by atoms with van der Waals surface area (Å²) in [6.45, 7) is 0. The number of hydrogen-bond donors (Lipinski definition) is 1. The van der Waals surface area contributed by atoms with Crippen molar-refractivity contribution in [2.75, 3.05) is 21.2 Å². The molecule has 24 heavy (non-hydrogen) atoms. The second-order valence-corrected chi connectivity index (χ2v) is 5.21. The second-order valence-electron chi connectivity index (χ2n) is 5.21. The van der Waals surface area contributed by atoms with Crippen molar-refractivity contribution in [2.45, 2.75) is 6.42 Å². The van der Waals surface area contributed by atoms with Gasteiger partial charge in [0.25, 0.3) is 11.8 Å². The van der Waals surface area contributed by atoms with E-state index in [1.54, 1.807) is 0 Å². The summed E-state index contributed by atoms with van der Waals surface area (Å²) in [5, 5.41) is 9.78. The molecule has 1 aromatic rings. The molecule has 1 aliphatic heterocycles. The molecule has 1 N–H and O–H groups in total. The van der Waals surface area contributed by atoms with Crippen LogP contribution < -0.4 is 0 Å². The topological polar surface area (TPSA) is 104 Å². The third-order valence-electron chi connectivity index (χ3n) is 3.62. The summed E-state index contributed by atoms with van der Waals surface area (Å²) in [4.78, 5) is 49.0. The Kier molecular flexibility index (Phi) is 4.68. The molecule has 0 atom stereocenters. The fourth-order valence-corrected chi connectivity index (χ4v) is 2.21. The average Bonchev–Trinajstić information content (AvgIpc) is 2.57. The van der Waals surface area contributed by atoms with Gasteiger partial charge in [0.05, 0.1) is 13.5 Å². The maximum atomic E-state index is 12.1. The first-order valence-electron chi connectivity index (χ1n) is 6.96. The van der Waals surface area contributed by atoms with E-state index in [0.717, 1.165) is 9.80 Å². The molecule has 1 fully saturated rings. The van der Waals surface area contributed by atoms with Gasteiger partial charge in [-0.15, -0.1) is 0 Å². The first kappa shape index (κ1) is 17.2. The number of phenolic OH excluding ortho intramolecular Hbond substituents is 1. The van der Waals surface area contributed by atoms with E-state index in [1.165, 1.54) is 45.5 Å². The number of phenols is 1. The molecule has 1 aliphatic rings. The van der Waals surface area contributed by atoms with Crippen LogP contribution in [0.2, 0.25) is 0 Å². The van der Waals surface area contributed by atoms with Crippen LogP contribution in [0.3, 0.4) is 0 Å². The number of imide groups is 2. The van der Waals surface area contributed by atoms with Gasteiger partial charge in [0.15, 0.2) is 0 Å². The summed E-state index contributed by atoms with van der Waals surface area (Å²) in [5.74, 6) is -2.07. The monoisotopic (exact) mass is 332 g/mol. The lowest BCUT2D eigenvalue weighted by Crippen LogP contribution is -2.52. The number of rotatable bonds is 3. The van der Waals surface area contributed by atoms with Gasteiger partial charge in [-0.25, -0.2) is 4.79 Å². The number of aromatic hydroxyl groups is 1. The summed E-state index contributed by atoms with van der Waals surface area (Å²) in [7, 11) is 3.79. The molecule has 1 aromatic carbocycles. The molecular formula is C16H16N2O6. The number of methoxy groups -OCH3 is 1. The zero-order valence-corrected chi connectivity index (χ0v) is 13.4. The number of ether oxygens (including phenoxy) is 1. The Bertz CT molecular complexity index is 742. The summed E-state index contributed by atoms with van der Waals surface area (Å²) in [6, 6.07) is 3.59. The zero-order valence-electron chi connectivity index (χ0n) is 13.4. The molecule has 0 bridgehead atoms. The molecule has 0 aromatic heterocycles. The van der Waals surface area contributed by atoms with Crippen molar-refractivity contribution in [1.82, 2.24) is 9.80 Å². The molecule has 0 saturated carbocycles. The number of hydrogen-bond acceptors (Lipinski definition) is 6. The fraction of sp³-hybridized carbons (Fsp3) is 0.250. The number of carbonyl (C=O) groups is 4. The van der Waals surface area contributed by atoms with Gasteiger partial charge < -0.3 is 9.84 Å². The Morgan fingerprint density at radius 1 is 1.17 bits per heavy atom. The van der Waals surface area contributed by atoms with E-state index in [0.29, 0.717) is 11.1 Å². The van der Waals surface area contributed by atoms with Crippen LogP contribution in [0.15, 0.2) is 23.8 Å². The van der Waals surface area contributed by atoms with E-state index in [-0.39, 0.29) is 17.7 Å². The standard InChI is InChI=1S/C16H16N2O6/c1-17-14(21)11(15(22)18(2)16(17)23)7-9-4-5-12(19)10(6-9)8-13(20)24-3/h4-7,19H,8H2,1-3H3. The molecule has 0 unspecified atom stereocenters. The third-order valence-corrected chi connectivity index (χ3v) is 3.62. The second kappa shape index (κ2) is 6.53. The van der Waals surface area contributed by atoms with Gasteiger partial charge in [0, 0.05) is 19.7 Å². The average molecular weight is 332 g/mol. The smallest absolute Gasteiger partial charge is 0.333 e. The number of nitrogens with zero attached hydrogens (tertiary/aromatic N) is 2. The predicted molar refractivity (Wildman–Crippen MR) is 82.7 cm³/mol. The number of esters is 1. The first-order chi connectivity index (χ1) is 11.3. The van der Waals surface area contributed by atoms with E-state index >= 15 is 0 Å². The largest absolute Gasteiger partial charge is 0.508 e. The van der Waals surface area contributed by atoms with Crippen LogP contribution in [0, 0.1) is 0 Å². The quantitative estimate of drug-likeness (QED) is 0.492. The van der Waals surface area contributed by atoms with Crippen LogP contribution in [-0.2, 0) is 25.5 Å². The molecule has 4 amide bonds. The normalized spacial score (nSPS) is 15.0. The van der Waals surface area contributed by atoms with Gasteiger partial charge in [0.2, 0.25) is 0 Å². The third kappa shape index (κ3) is 3.12. The van der Waals surface area contributed by atoms with Crippen molar-refractivity contribution in [3.8, 4) is 5.75 Å². The maximum Gasteiger partial charge on any atom is 0.333 e. The highest BCUT2D eigenvalue weighted by Gasteiger charge is 2.37. The van der Waals surface area contributed by atoms with E-state index in [4.69, 9.17) is 0 Å². The van der Waals surface area contributed by atoms with Gasteiger partial charge in [-0.1, -0.05) is 6.07 Å². The molecular weight excluding hydrogens is 316 g/mol. The van der Waals surface area contributed by atoms with E-state index in [1.807, 2.05) is 0 Å². The number of carbonyl (C=O) groups excluding carboxylic acids is 4. The molecule has 0 radical (unpaired) electrons. The summed E-state index contributed by atoms with van der Waals surface area (Å²) >= 11 is 0. The van der Waals surface area contributed by atoms with Gasteiger partial charge in [-0.2, -0.15) is 0 Å². The number of benzene rings is 1. The van der Waals surface area contributed by atoms with Gasteiger partial charge >= 0.3 is 12.0 Å². The Hall–Kier alpha value is -3.16. The summed E-state index contributed by atoms with van der Waals surface area (Å²) in [5.41, 5.74) is 0.540. The van der Waals surface area contributed by atoms with Gasteiger partial charge in [-0.05, 0) is 23.8 Å². The maximum absolute atomic E-state index is 12.1. The van der Waals surface area contributed by atoms with Crippen molar-refractivity contribution < 1.29 is 29.0 Å².